The van der Waals surface area contributed by atoms with E-state index < -0.39 is 0 Å². The van der Waals surface area contributed by atoms with Crippen molar-refractivity contribution in [2.45, 2.75) is 13.8 Å². The monoisotopic (exact) mass is 82.1 g/mol. The molecule has 0 spiro atoms. The number of allylic oxidation sites excluding steroid dienone is 4. The van der Waals surface area contributed by atoms with Gasteiger partial charge >= 0.3 is 0 Å². The third kappa shape index (κ3) is 3.48. The van der Waals surface area contributed by atoms with Gasteiger partial charge in [0.1, 0.15) is 0 Å². The van der Waals surface area contributed by atoms with Crippen molar-refractivity contribution in [2.75, 3.05) is 0 Å². The average molecular weight is 82.1 g/mol. The Labute approximate surface area is 39.2 Å². The predicted molar refractivity (Wildman–Crippen MR) is 29.6 cm³/mol. The fourth-order valence-electron chi connectivity index (χ4n) is 0.222. The summed E-state index contributed by atoms with van der Waals surface area (Å²) in [4.78, 5) is 0. The Bertz CT molecular complexity index is 48.4. The lowest BCUT2D eigenvalue weighted by atomic mass is 10.5. The summed E-state index contributed by atoms with van der Waals surface area (Å²) >= 11 is 0. The molecule has 0 rings (SSSR count). The summed E-state index contributed by atoms with van der Waals surface area (Å²) in [5.41, 5.74) is 0. The number of rotatable bonds is 1. The van der Waals surface area contributed by atoms with Gasteiger partial charge in [-0.1, -0.05) is 24.3 Å². The molecule has 34 valence electrons. The van der Waals surface area contributed by atoms with E-state index in [-0.39, 0.29) is 0 Å². The zero-order valence-electron chi connectivity index (χ0n) is 4.31. The molecule has 0 radical (unpaired) electrons. The highest BCUT2D eigenvalue weighted by Crippen LogP contribution is 1.71. The Morgan fingerprint density at radius 1 is 0.833 bits per heavy atom. The molecule has 0 saturated carbocycles. The molecule has 0 aliphatic rings. The summed E-state index contributed by atoms with van der Waals surface area (Å²) in [6.45, 7) is 4.00. The maximum absolute atomic E-state index is 2.00. The van der Waals surface area contributed by atoms with Crippen LogP contribution in [0.15, 0.2) is 24.3 Å². The van der Waals surface area contributed by atoms with Gasteiger partial charge in [-0.05, 0) is 13.8 Å². The Morgan fingerprint density at radius 3 is 1.33 bits per heavy atom. The smallest absolute Gasteiger partial charge is 0.0467 e. The second-order valence-corrected chi connectivity index (χ2v) is 1.05. The van der Waals surface area contributed by atoms with Gasteiger partial charge in [0.2, 0.25) is 0 Å². The van der Waals surface area contributed by atoms with Gasteiger partial charge in [0.15, 0.2) is 0 Å². The third-order valence-corrected chi connectivity index (χ3v) is 0.496. The lowest BCUT2D eigenvalue weighted by Crippen LogP contribution is -1.40. The molecule has 0 aliphatic heterocycles. The standard InChI is InChI=1S/C6H10/c1-3-5-6-4-2/h3-6H,1-2H3/b5-3+,6-4+. The van der Waals surface area contributed by atoms with Gasteiger partial charge in [-0.2, -0.15) is 0 Å². The van der Waals surface area contributed by atoms with E-state index in [2.05, 4.69) is 0 Å². The van der Waals surface area contributed by atoms with Gasteiger partial charge in [0.05, 0.1) is 0 Å². The minimum atomic E-state index is 2.00. The molecule has 0 aromatic carbocycles. The quantitative estimate of drug-likeness (QED) is 0.425. The van der Waals surface area contributed by atoms with Crippen molar-refractivity contribution < 1.29 is 0 Å². The molecular weight excluding hydrogens is 72.1 g/mol. The highest BCUT2D eigenvalue weighted by atomic mass is 13.6. The summed E-state index contributed by atoms with van der Waals surface area (Å²) < 4.78 is 0. The van der Waals surface area contributed by atoms with Crippen molar-refractivity contribution in [3.8, 4) is 0 Å². The zero-order chi connectivity index (χ0) is 4.83. The molecule has 0 heteroatoms. The van der Waals surface area contributed by atoms with Gasteiger partial charge in [-0.25, -0.2) is 0 Å². The van der Waals surface area contributed by atoms with Crippen LogP contribution in [0, 0.1) is 0 Å². The summed E-state index contributed by atoms with van der Waals surface area (Å²) in [7, 11) is 0. The van der Waals surface area contributed by atoms with Crippen LogP contribution >= 0.6 is 0 Å². The molecule has 0 fully saturated rings. The van der Waals surface area contributed by atoms with E-state index in [9.17, 15) is 0 Å². The second-order valence-electron chi connectivity index (χ2n) is 1.05. The van der Waals surface area contributed by atoms with E-state index in [1.54, 1.807) is 0 Å². The topological polar surface area (TPSA) is 0 Å². The van der Waals surface area contributed by atoms with Crippen LogP contribution in [0.5, 0.6) is 0 Å². The van der Waals surface area contributed by atoms with E-state index in [0.29, 0.717) is 0 Å². The van der Waals surface area contributed by atoms with Crippen LogP contribution in [0.25, 0.3) is 0 Å². The highest BCUT2D eigenvalue weighted by molar-refractivity contribution is 4.98. The molecule has 0 bridgehead atoms. The zero-order valence-corrected chi connectivity index (χ0v) is 4.31. The van der Waals surface area contributed by atoms with Crippen LogP contribution in [0.2, 0.25) is 0 Å². The summed E-state index contributed by atoms with van der Waals surface area (Å²) in [6.07, 6.45) is 8.00. The van der Waals surface area contributed by atoms with Crippen LogP contribution in [-0.2, 0) is 0 Å². The first-order valence-electron chi connectivity index (χ1n) is 2.15. The first-order chi connectivity index (χ1) is 2.91. The van der Waals surface area contributed by atoms with Crippen molar-refractivity contribution in [3.63, 3.8) is 0 Å². The second kappa shape index (κ2) is 4.48. The lowest BCUT2D eigenvalue weighted by Gasteiger charge is -1.62. The van der Waals surface area contributed by atoms with Crippen molar-refractivity contribution in [1.82, 2.24) is 0 Å². The van der Waals surface area contributed by atoms with Crippen LogP contribution in [0.4, 0.5) is 0 Å². The first kappa shape index (κ1) is 5.48. The molecular formula is C6H10. The highest BCUT2D eigenvalue weighted by Gasteiger charge is 1.48. The van der Waals surface area contributed by atoms with E-state index in [1.165, 1.54) is 0 Å². The van der Waals surface area contributed by atoms with Gasteiger partial charge in [0, 0.05) is 0 Å². The minimum Gasteiger partial charge on any atom is -0.0877 e. The molecule has 0 unspecified atom stereocenters. The van der Waals surface area contributed by atoms with Gasteiger partial charge in [-0.3, -0.25) is 0 Å². The molecule has 0 saturated heterocycles. The largest absolute Gasteiger partial charge is 0.0877 e. The summed E-state index contributed by atoms with van der Waals surface area (Å²) in [6, 6.07) is 0. The first-order valence-corrected chi connectivity index (χ1v) is 2.15. The Kier molecular flexibility index (Phi) is 4.09. The Hall–Kier alpha value is -0.520. The molecule has 0 aliphatic carbocycles. The van der Waals surface area contributed by atoms with Crippen molar-refractivity contribution in [2.24, 2.45) is 0 Å². The lowest BCUT2D eigenvalue weighted by molar-refractivity contribution is 1.69. The van der Waals surface area contributed by atoms with Crippen LogP contribution in [0.3, 0.4) is 0 Å². The van der Waals surface area contributed by atoms with Gasteiger partial charge in [-0.15, -0.1) is 0 Å². The maximum Gasteiger partial charge on any atom is -0.0467 e. The van der Waals surface area contributed by atoms with E-state index in [4.69, 9.17) is 0 Å². The van der Waals surface area contributed by atoms with Crippen molar-refractivity contribution in [3.05, 3.63) is 24.3 Å². The SMILES string of the molecule is C/C=C/C=C/C. The van der Waals surface area contributed by atoms with Crippen LogP contribution < -0.4 is 0 Å². The molecule has 6 heavy (non-hydrogen) atoms. The van der Waals surface area contributed by atoms with Crippen molar-refractivity contribution >= 4 is 0 Å². The molecule has 0 N–H and O–H groups in total. The maximum atomic E-state index is 2.00. The molecule has 0 atom stereocenters. The van der Waals surface area contributed by atoms with Crippen molar-refractivity contribution in [1.29, 1.82) is 0 Å². The van der Waals surface area contributed by atoms with Gasteiger partial charge in [0.25, 0.3) is 0 Å². The average Bonchev–Trinajstić information content (AvgIpc) is 1.61. The Morgan fingerprint density at radius 2 is 1.17 bits per heavy atom. The molecule has 0 amide bonds. The molecule has 0 heterocycles. The summed E-state index contributed by atoms with van der Waals surface area (Å²) in [5, 5.41) is 0. The molecule has 0 nitrogen and oxygen atoms in total. The van der Waals surface area contributed by atoms with Crippen LogP contribution in [0.1, 0.15) is 13.8 Å². The fraction of sp³-hybridized carbons (Fsp3) is 0.333. The van der Waals surface area contributed by atoms with E-state index >= 15 is 0 Å². The van der Waals surface area contributed by atoms with Crippen LogP contribution in [-0.4, -0.2) is 0 Å². The fourth-order valence-corrected chi connectivity index (χ4v) is 0.222. The normalized spacial score (nSPS) is 11.7. The predicted octanol–water partition coefficient (Wildman–Crippen LogP) is 2.14. The number of hydrogen-bond donors (Lipinski definition) is 0. The Balaban J connectivity index is 3.07. The minimum absolute atomic E-state index is 2.00. The van der Waals surface area contributed by atoms with Gasteiger partial charge < -0.3 is 0 Å². The molecule has 0 aromatic heterocycles. The van der Waals surface area contributed by atoms with E-state index in [1.807, 2.05) is 38.2 Å². The number of hydrogen-bond acceptors (Lipinski definition) is 0. The third-order valence-electron chi connectivity index (χ3n) is 0.496. The molecule has 0 aromatic rings. The van der Waals surface area contributed by atoms with E-state index in [0.717, 1.165) is 0 Å². The summed E-state index contributed by atoms with van der Waals surface area (Å²) in [5.74, 6) is 0.